The minimum absolute atomic E-state index is 0.840. The van der Waals surface area contributed by atoms with Crippen LogP contribution in [0.1, 0.15) is 13.3 Å². The van der Waals surface area contributed by atoms with E-state index in [1.165, 1.54) is 45.7 Å². The second-order valence-electron chi connectivity index (χ2n) is 4.88. The molecular formula is C11H23N3. The first-order valence-corrected chi connectivity index (χ1v) is 5.90. The van der Waals surface area contributed by atoms with Gasteiger partial charge in [-0.3, -0.25) is 4.90 Å². The van der Waals surface area contributed by atoms with Crippen LogP contribution in [0.2, 0.25) is 0 Å². The van der Waals surface area contributed by atoms with E-state index in [0.29, 0.717) is 0 Å². The van der Waals surface area contributed by atoms with Crippen molar-refractivity contribution in [3.63, 3.8) is 0 Å². The summed E-state index contributed by atoms with van der Waals surface area (Å²) in [6.07, 6.45) is 1.36. The van der Waals surface area contributed by atoms with Crippen LogP contribution in [-0.2, 0) is 0 Å². The molecule has 1 N–H and O–H groups in total. The van der Waals surface area contributed by atoms with Crippen LogP contribution >= 0.6 is 0 Å². The third-order valence-corrected chi connectivity index (χ3v) is 3.68. The first-order chi connectivity index (χ1) is 6.77. The molecule has 3 heteroatoms. The predicted molar refractivity (Wildman–Crippen MR) is 59.5 cm³/mol. The number of hydrogen-bond donors (Lipinski definition) is 1. The summed E-state index contributed by atoms with van der Waals surface area (Å²) >= 11 is 0. The third-order valence-electron chi connectivity index (χ3n) is 3.68. The van der Waals surface area contributed by atoms with Crippen LogP contribution in [0.4, 0.5) is 0 Å². The Morgan fingerprint density at radius 3 is 2.50 bits per heavy atom. The van der Waals surface area contributed by atoms with Crippen LogP contribution in [0.5, 0.6) is 0 Å². The molecule has 2 fully saturated rings. The Morgan fingerprint density at radius 2 is 1.86 bits per heavy atom. The average Bonchev–Trinajstić information content (AvgIpc) is 2.19. The molecule has 14 heavy (non-hydrogen) atoms. The molecule has 0 aromatic carbocycles. The molecule has 0 spiro atoms. The normalized spacial score (nSPS) is 37.3. The molecule has 0 aromatic heterocycles. The maximum absolute atomic E-state index is 3.43. The zero-order chi connectivity index (χ0) is 9.97. The smallest absolute Gasteiger partial charge is 0.0146 e. The average molecular weight is 197 g/mol. The maximum atomic E-state index is 3.43. The summed E-state index contributed by atoms with van der Waals surface area (Å²) in [4.78, 5) is 5.15. The van der Waals surface area contributed by atoms with Crippen LogP contribution in [0.3, 0.4) is 0 Å². The van der Waals surface area contributed by atoms with Crippen molar-refractivity contribution >= 4 is 0 Å². The van der Waals surface area contributed by atoms with Gasteiger partial charge in [0.05, 0.1) is 0 Å². The molecule has 2 rings (SSSR count). The molecule has 82 valence electrons. The lowest BCUT2D eigenvalue weighted by Gasteiger charge is -2.43. The summed E-state index contributed by atoms with van der Waals surface area (Å²) in [7, 11) is 2.24. The second-order valence-corrected chi connectivity index (χ2v) is 4.88. The van der Waals surface area contributed by atoms with E-state index >= 15 is 0 Å². The Morgan fingerprint density at radius 1 is 1.14 bits per heavy atom. The predicted octanol–water partition coefficient (Wildman–Crippen LogP) is 0.232. The number of piperidine rings is 1. The molecule has 2 atom stereocenters. The molecule has 0 bridgehead atoms. The van der Waals surface area contributed by atoms with E-state index in [9.17, 15) is 0 Å². The monoisotopic (exact) mass is 197 g/mol. The van der Waals surface area contributed by atoms with E-state index in [1.807, 2.05) is 0 Å². The van der Waals surface area contributed by atoms with Gasteiger partial charge in [0.25, 0.3) is 0 Å². The van der Waals surface area contributed by atoms with E-state index in [4.69, 9.17) is 0 Å². The maximum Gasteiger partial charge on any atom is 0.0146 e. The van der Waals surface area contributed by atoms with Gasteiger partial charge in [0.2, 0.25) is 0 Å². The lowest BCUT2D eigenvalue weighted by molar-refractivity contribution is 0.0665. The summed E-state index contributed by atoms with van der Waals surface area (Å²) in [5, 5.41) is 3.43. The third kappa shape index (κ3) is 2.27. The van der Waals surface area contributed by atoms with E-state index < -0.39 is 0 Å². The number of likely N-dealkylation sites (tertiary alicyclic amines) is 1. The summed E-state index contributed by atoms with van der Waals surface area (Å²) in [6.45, 7) is 9.81. The van der Waals surface area contributed by atoms with Gasteiger partial charge in [-0.2, -0.15) is 0 Å². The van der Waals surface area contributed by atoms with Crippen LogP contribution in [0.25, 0.3) is 0 Å². The lowest BCUT2D eigenvalue weighted by atomic mass is 9.92. The second kappa shape index (κ2) is 4.60. The van der Waals surface area contributed by atoms with E-state index in [2.05, 4.69) is 29.1 Å². The number of nitrogens with one attached hydrogen (secondary N) is 1. The molecule has 2 unspecified atom stereocenters. The van der Waals surface area contributed by atoms with Crippen molar-refractivity contribution in [2.24, 2.45) is 5.92 Å². The number of nitrogens with zero attached hydrogens (tertiary/aromatic N) is 2. The molecule has 3 nitrogen and oxygen atoms in total. The topological polar surface area (TPSA) is 18.5 Å². The zero-order valence-electron chi connectivity index (χ0n) is 9.50. The summed E-state index contributed by atoms with van der Waals surface area (Å²) in [5.41, 5.74) is 0. The van der Waals surface area contributed by atoms with E-state index in [0.717, 1.165) is 12.0 Å². The minimum atomic E-state index is 0.840. The molecule has 0 amide bonds. The molecule has 0 aromatic rings. The van der Waals surface area contributed by atoms with Crippen LogP contribution < -0.4 is 5.32 Å². The van der Waals surface area contributed by atoms with Crippen LogP contribution in [0, 0.1) is 5.92 Å². The molecule has 0 saturated carbocycles. The van der Waals surface area contributed by atoms with Gasteiger partial charge in [-0.1, -0.05) is 6.92 Å². The molecule has 2 saturated heterocycles. The number of hydrogen-bond acceptors (Lipinski definition) is 3. The van der Waals surface area contributed by atoms with Crippen molar-refractivity contribution in [3.8, 4) is 0 Å². The summed E-state index contributed by atoms with van der Waals surface area (Å²) < 4.78 is 0. The Hall–Kier alpha value is -0.120. The molecule has 2 heterocycles. The number of rotatable bonds is 1. The Labute approximate surface area is 87.4 Å². The Bertz CT molecular complexity index is 177. The fraction of sp³-hybridized carbons (Fsp3) is 1.00. The highest BCUT2D eigenvalue weighted by molar-refractivity contribution is 4.85. The van der Waals surface area contributed by atoms with Gasteiger partial charge in [-0.05, 0) is 25.9 Å². The van der Waals surface area contributed by atoms with Gasteiger partial charge >= 0.3 is 0 Å². The van der Waals surface area contributed by atoms with Crippen LogP contribution in [-0.4, -0.2) is 62.2 Å². The first kappa shape index (κ1) is 10.4. The van der Waals surface area contributed by atoms with Crippen molar-refractivity contribution < 1.29 is 0 Å². The largest absolute Gasteiger partial charge is 0.314 e. The van der Waals surface area contributed by atoms with Gasteiger partial charge in [0, 0.05) is 38.8 Å². The van der Waals surface area contributed by atoms with Gasteiger partial charge < -0.3 is 10.2 Å². The van der Waals surface area contributed by atoms with E-state index in [-0.39, 0.29) is 0 Å². The van der Waals surface area contributed by atoms with Crippen molar-refractivity contribution in [3.05, 3.63) is 0 Å². The van der Waals surface area contributed by atoms with Crippen LogP contribution in [0.15, 0.2) is 0 Å². The standard InChI is InChI=1S/C11H23N3/c1-10-9-13(2)6-3-11(10)14-7-4-12-5-8-14/h10-12H,3-9H2,1-2H3. The summed E-state index contributed by atoms with van der Waals surface area (Å²) in [6, 6.07) is 0.841. The molecule has 0 aliphatic carbocycles. The first-order valence-electron chi connectivity index (χ1n) is 5.90. The van der Waals surface area contributed by atoms with Gasteiger partial charge in [0.15, 0.2) is 0 Å². The highest BCUT2D eigenvalue weighted by atomic mass is 15.2. The van der Waals surface area contributed by atoms with Gasteiger partial charge in [0.1, 0.15) is 0 Å². The van der Waals surface area contributed by atoms with Crippen molar-refractivity contribution in [1.82, 2.24) is 15.1 Å². The SMILES string of the molecule is CC1CN(C)CCC1N1CCNCC1. The Balaban J connectivity index is 1.89. The van der Waals surface area contributed by atoms with E-state index in [1.54, 1.807) is 0 Å². The van der Waals surface area contributed by atoms with Crippen molar-refractivity contribution in [1.29, 1.82) is 0 Å². The number of piperazine rings is 1. The molecular weight excluding hydrogens is 174 g/mol. The quantitative estimate of drug-likeness (QED) is 0.649. The van der Waals surface area contributed by atoms with Crippen molar-refractivity contribution in [2.45, 2.75) is 19.4 Å². The molecule has 2 aliphatic heterocycles. The Kier molecular flexibility index (Phi) is 3.42. The highest BCUT2D eigenvalue weighted by Crippen LogP contribution is 2.21. The molecule has 2 aliphatic rings. The highest BCUT2D eigenvalue weighted by Gasteiger charge is 2.29. The zero-order valence-corrected chi connectivity index (χ0v) is 9.50. The van der Waals surface area contributed by atoms with Gasteiger partial charge in [-0.15, -0.1) is 0 Å². The fourth-order valence-electron chi connectivity index (χ4n) is 2.90. The van der Waals surface area contributed by atoms with Crippen molar-refractivity contribution in [2.75, 3.05) is 46.3 Å². The minimum Gasteiger partial charge on any atom is -0.314 e. The fourth-order valence-corrected chi connectivity index (χ4v) is 2.90. The summed E-state index contributed by atoms with van der Waals surface area (Å²) in [5.74, 6) is 0.840. The van der Waals surface area contributed by atoms with Gasteiger partial charge in [-0.25, -0.2) is 0 Å². The lowest BCUT2D eigenvalue weighted by Crippen LogP contribution is -2.54. The molecule has 0 radical (unpaired) electrons.